The maximum atomic E-state index is 12.3. The van der Waals surface area contributed by atoms with Gasteiger partial charge in [0.2, 0.25) is 10.0 Å². The number of hydrogen-bond acceptors (Lipinski definition) is 3. The molecule has 0 spiro atoms. The number of hydrogen-bond donors (Lipinski definition) is 1. The predicted octanol–water partition coefficient (Wildman–Crippen LogP) is 2.54. The second-order valence-electron chi connectivity index (χ2n) is 3.90. The van der Waals surface area contributed by atoms with Gasteiger partial charge in [0.05, 0.1) is 11.4 Å². The molecule has 0 saturated heterocycles. The minimum absolute atomic E-state index is 0.0547. The van der Waals surface area contributed by atoms with Crippen molar-refractivity contribution in [3.63, 3.8) is 0 Å². The van der Waals surface area contributed by atoms with Gasteiger partial charge in [-0.05, 0) is 18.2 Å². The van der Waals surface area contributed by atoms with Crippen molar-refractivity contribution in [2.45, 2.75) is 11.4 Å². The van der Waals surface area contributed by atoms with Gasteiger partial charge in [-0.15, -0.1) is 0 Å². The van der Waals surface area contributed by atoms with Crippen LogP contribution in [0.1, 0.15) is 5.82 Å². The third-order valence-electron chi connectivity index (χ3n) is 2.47. The molecule has 0 fully saturated rings. The summed E-state index contributed by atoms with van der Waals surface area (Å²) in [5.41, 5.74) is 0. The molecule has 0 radical (unpaired) electrons. The van der Waals surface area contributed by atoms with Gasteiger partial charge in [-0.2, -0.15) is 4.31 Å². The van der Waals surface area contributed by atoms with Crippen molar-refractivity contribution in [1.82, 2.24) is 14.3 Å². The largest absolute Gasteiger partial charge is 0.347 e. The highest BCUT2D eigenvalue weighted by atomic mass is 35.5. The van der Waals surface area contributed by atoms with Gasteiger partial charge < -0.3 is 4.98 Å². The molecule has 102 valence electrons. The molecule has 1 aromatic carbocycles. The summed E-state index contributed by atoms with van der Waals surface area (Å²) in [6.45, 7) is 0.138. The van der Waals surface area contributed by atoms with E-state index in [9.17, 15) is 8.42 Å². The Morgan fingerprint density at radius 2 is 1.89 bits per heavy atom. The van der Waals surface area contributed by atoms with Gasteiger partial charge in [-0.1, -0.05) is 23.2 Å². The second kappa shape index (κ2) is 5.50. The first kappa shape index (κ1) is 14.3. The smallest absolute Gasteiger partial charge is 0.243 e. The quantitative estimate of drug-likeness (QED) is 0.941. The average molecular weight is 320 g/mol. The number of benzene rings is 1. The average Bonchev–Trinajstić information content (AvgIpc) is 2.80. The summed E-state index contributed by atoms with van der Waals surface area (Å²) >= 11 is 11.6. The van der Waals surface area contributed by atoms with Crippen molar-refractivity contribution in [1.29, 1.82) is 0 Å². The molecule has 5 nitrogen and oxygen atoms in total. The molecule has 1 aromatic heterocycles. The lowest BCUT2D eigenvalue weighted by molar-refractivity contribution is 0.458. The topological polar surface area (TPSA) is 66.1 Å². The lowest BCUT2D eigenvalue weighted by Crippen LogP contribution is -2.27. The SMILES string of the molecule is CN(Cc1ncc[nH]1)S(=O)(=O)c1cc(Cl)cc(Cl)c1. The maximum absolute atomic E-state index is 12.3. The van der Waals surface area contributed by atoms with E-state index in [1.54, 1.807) is 12.4 Å². The fourth-order valence-corrected chi connectivity index (χ4v) is 3.40. The fourth-order valence-electron chi connectivity index (χ4n) is 1.54. The van der Waals surface area contributed by atoms with Crippen LogP contribution in [-0.4, -0.2) is 29.7 Å². The Morgan fingerprint density at radius 1 is 1.26 bits per heavy atom. The molecular formula is C11H11Cl2N3O2S. The van der Waals surface area contributed by atoms with Crippen LogP contribution in [0, 0.1) is 0 Å². The number of imidazole rings is 1. The third-order valence-corrected chi connectivity index (χ3v) is 4.69. The first-order valence-corrected chi connectivity index (χ1v) is 7.50. The summed E-state index contributed by atoms with van der Waals surface area (Å²) in [4.78, 5) is 6.88. The van der Waals surface area contributed by atoms with E-state index < -0.39 is 10.0 Å². The molecule has 0 amide bonds. The van der Waals surface area contributed by atoms with Crippen LogP contribution in [0.3, 0.4) is 0 Å². The molecule has 0 aliphatic heterocycles. The first-order chi connectivity index (χ1) is 8.89. The van der Waals surface area contributed by atoms with E-state index in [1.807, 2.05) is 0 Å². The van der Waals surface area contributed by atoms with Gasteiger partial charge in [-0.25, -0.2) is 13.4 Å². The maximum Gasteiger partial charge on any atom is 0.243 e. The van der Waals surface area contributed by atoms with E-state index in [0.29, 0.717) is 5.82 Å². The third kappa shape index (κ3) is 3.27. The van der Waals surface area contributed by atoms with Crippen LogP contribution in [0.25, 0.3) is 0 Å². The Morgan fingerprint density at radius 3 is 2.42 bits per heavy atom. The van der Waals surface area contributed by atoms with E-state index >= 15 is 0 Å². The molecule has 8 heteroatoms. The number of aromatic nitrogens is 2. The molecule has 0 unspecified atom stereocenters. The number of H-pyrrole nitrogens is 1. The first-order valence-electron chi connectivity index (χ1n) is 5.30. The molecule has 0 atom stereocenters. The molecule has 19 heavy (non-hydrogen) atoms. The van der Waals surface area contributed by atoms with E-state index in [4.69, 9.17) is 23.2 Å². The van der Waals surface area contributed by atoms with E-state index in [2.05, 4.69) is 9.97 Å². The number of halogens is 2. The fraction of sp³-hybridized carbons (Fsp3) is 0.182. The predicted molar refractivity (Wildman–Crippen MR) is 73.7 cm³/mol. The van der Waals surface area contributed by atoms with Crippen molar-refractivity contribution in [2.75, 3.05) is 7.05 Å². The Bertz CT molecular complexity index is 651. The molecule has 0 saturated carbocycles. The van der Waals surface area contributed by atoms with Crippen LogP contribution in [-0.2, 0) is 16.6 Å². The van der Waals surface area contributed by atoms with Gasteiger partial charge in [0.15, 0.2) is 0 Å². The molecule has 2 aromatic rings. The van der Waals surface area contributed by atoms with Gasteiger partial charge in [0.1, 0.15) is 5.82 Å². The number of nitrogens with zero attached hydrogens (tertiary/aromatic N) is 2. The Labute approximate surface area is 121 Å². The summed E-state index contributed by atoms with van der Waals surface area (Å²) in [5.74, 6) is 0.555. The second-order valence-corrected chi connectivity index (χ2v) is 6.82. The molecule has 0 aliphatic carbocycles. The highest BCUT2D eigenvalue weighted by Gasteiger charge is 2.22. The van der Waals surface area contributed by atoms with Crippen LogP contribution in [0.5, 0.6) is 0 Å². The normalized spacial score (nSPS) is 12.0. The summed E-state index contributed by atoms with van der Waals surface area (Å²) in [5, 5.41) is 0.551. The zero-order chi connectivity index (χ0) is 14.0. The van der Waals surface area contributed by atoms with Crippen LogP contribution >= 0.6 is 23.2 Å². The highest BCUT2D eigenvalue weighted by molar-refractivity contribution is 7.89. The number of rotatable bonds is 4. The lowest BCUT2D eigenvalue weighted by Gasteiger charge is -2.16. The zero-order valence-corrected chi connectivity index (χ0v) is 12.3. The number of sulfonamides is 1. The van der Waals surface area contributed by atoms with Crippen LogP contribution in [0.15, 0.2) is 35.5 Å². The Hall–Kier alpha value is -1.08. The highest BCUT2D eigenvalue weighted by Crippen LogP contribution is 2.24. The van der Waals surface area contributed by atoms with Crippen molar-refractivity contribution in [3.8, 4) is 0 Å². The molecule has 0 aliphatic rings. The molecule has 1 heterocycles. The van der Waals surface area contributed by atoms with Crippen molar-refractivity contribution in [3.05, 3.63) is 46.5 Å². The van der Waals surface area contributed by atoms with Gasteiger partial charge >= 0.3 is 0 Å². The minimum Gasteiger partial charge on any atom is -0.347 e. The van der Waals surface area contributed by atoms with Gasteiger partial charge in [-0.3, -0.25) is 0 Å². The standard InChI is InChI=1S/C11H11Cl2N3O2S/c1-16(7-11-14-2-3-15-11)19(17,18)10-5-8(12)4-9(13)6-10/h2-6H,7H2,1H3,(H,14,15). The van der Waals surface area contributed by atoms with E-state index in [0.717, 1.165) is 0 Å². The van der Waals surface area contributed by atoms with Crippen molar-refractivity contribution in [2.24, 2.45) is 0 Å². The van der Waals surface area contributed by atoms with Gasteiger partial charge in [0, 0.05) is 29.5 Å². The minimum atomic E-state index is -3.66. The summed E-state index contributed by atoms with van der Waals surface area (Å²) in [7, 11) is -2.19. The summed E-state index contributed by atoms with van der Waals surface area (Å²) < 4.78 is 25.8. The Kier molecular flexibility index (Phi) is 4.15. The molecule has 1 N–H and O–H groups in total. The zero-order valence-electron chi connectivity index (χ0n) is 9.97. The number of nitrogens with one attached hydrogen (secondary N) is 1. The van der Waals surface area contributed by atoms with Gasteiger partial charge in [0.25, 0.3) is 0 Å². The van der Waals surface area contributed by atoms with Crippen molar-refractivity contribution < 1.29 is 8.42 Å². The van der Waals surface area contributed by atoms with E-state index in [-0.39, 0.29) is 21.5 Å². The van der Waals surface area contributed by atoms with Crippen LogP contribution < -0.4 is 0 Å². The molecular weight excluding hydrogens is 309 g/mol. The summed E-state index contributed by atoms with van der Waals surface area (Å²) in [6.07, 6.45) is 3.19. The summed E-state index contributed by atoms with van der Waals surface area (Å²) in [6, 6.07) is 4.21. The lowest BCUT2D eigenvalue weighted by atomic mass is 10.4. The van der Waals surface area contributed by atoms with Crippen LogP contribution in [0.4, 0.5) is 0 Å². The molecule has 2 rings (SSSR count). The monoisotopic (exact) mass is 319 g/mol. The van der Waals surface area contributed by atoms with E-state index in [1.165, 1.54) is 29.6 Å². The number of aromatic amines is 1. The molecule has 0 bridgehead atoms. The Balaban J connectivity index is 2.31. The van der Waals surface area contributed by atoms with Crippen LogP contribution in [0.2, 0.25) is 10.0 Å². The van der Waals surface area contributed by atoms with Crippen molar-refractivity contribution >= 4 is 33.2 Å².